The van der Waals surface area contributed by atoms with E-state index in [0.29, 0.717) is 10.8 Å². The molecule has 0 spiro atoms. The Morgan fingerprint density at radius 2 is 2.19 bits per heavy atom. The van der Waals surface area contributed by atoms with Crippen molar-refractivity contribution in [2.24, 2.45) is 0 Å². The maximum Gasteiger partial charge on any atom is 0.157 e. The Labute approximate surface area is 100 Å². The summed E-state index contributed by atoms with van der Waals surface area (Å²) in [4.78, 5) is 8.41. The van der Waals surface area contributed by atoms with Crippen molar-refractivity contribution in [3.05, 3.63) is 34.4 Å². The van der Waals surface area contributed by atoms with Crippen molar-refractivity contribution in [2.45, 2.75) is 0 Å². The number of nitrogens with two attached hydrogens (primary N) is 1. The van der Waals surface area contributed by atoms with Gasteiger partial charge < -0.3 is 10.1 Å². The highest BCUT2D eigenvalue weighted by Crippen LogP contribution is 2.29. The molecular formula is C10H7ClN4S. The van der Waals surface area contributed by atoms with Crippen LogP contribution in [0.25, 0.3) is 16.9 Å². The predicted octanol–water partition coefficient (Wildman–Crippen LogP) is 2.69. The molecule has 0 aliphatic heterocycles. The Balaban J connectivity index is 2.22. The van der Waals surface area contributed by atoms with Crippen molar-refractivity contribution in [3.63, 3.8) is 0 Å². The summed E-state index contributed by atoms with van der Waals surface area (Å²) in [7, 11) is 0. The average Bonchev–Trinajstić information content (AvgIpc) is 2.81. The van der Waals surface area contributed by atoms with E-state index in [4.69, 9.17) is 17.3 Å². The minimum atomic E-state index is 0.482. The van der Waals surface area contributed by atoms with E-state index in [9.17, 15) is 0 Å². The number of imidazole rings is 1. The van der Waals surface area contributed by atoms with Crippen LogP contribution in [0, 0.1) is 0 Å². The van der Waals surface area contributed by atoms with Gasteiger partial charge in [0, 0.05) is 22.5 Å². The van der Waals surface area contributed by atoms with Crippen LogP contribution in [0.2, 0.25) is 5.02 Å². The zero-order valence-corrected chi connectivity index (χ0v) is 9.66. The lowest BCUT2D eigenvalue weighted by Crippen LogP contribution is -1.88. The topological polar surface area (TPSA) is 56.2 Å². The fraction of sp³-hybridized carbons (Fsp3) is 0. The molecule has 0 aliphatic carbocycles. The third kappa shape index (κ3) is 1.45. The first-order valence-corrected chi connectivity index (χ1v) is 5.88. The molecule has 3 aromatic rings. The van der Waals surface area contributed by atoms with Gasteiger partial charge in [-0.05, 0) is 0 Å². The summed E-state index contributed by atoms with van der Waals surface area (Å²) in [5, 5.41) is 4.56. The van der Waals surface area contributed by atoms with Gasteiger partial charge in [-0.25, -0.2) is 4.98 Å². The van der Waals surface area contributed by atoms with Crippen LogP contribution < -0.4 is 5.73 Å². The van der Waals surface area contributed by atoms with E-state index in [1.807, 2.05) is 21.4 Å². The van der Waals surface area contributed by atoms with Gasteiger partial charge in [0.25, 0.3) is 0 Å². The number of hydrogen-bond acceptors (Lipinski definition) is 4. The van der Waals surface area contributed by atoms with Crippen molar-refractivity contribution < 1.29 is 0 Å². The largest absolute Gasteiger partial charge is 0.382 e. The number of thiophene rings is 1. The van der Waals surface area contributed by atoms with Crippen molar-refractivity contribution >= 4 is 34.4 Å². The van der Waals surface area contributed by atoms with E-state index in [-0.39, 0.29) is 0 Å². The number of rotatable bonds is 1. The molecule has 3 aromatic heterocycles. The molecule has 0 amide bonds. The molecule has 0 fully saturated rings. The molecule has 0 aliphatic rings. The molecule has 0 bridgehead atoms. The first kappa shape index (κ1) is 9.62. The summed E-state index contributed by atoms with van der Waals surface area (Å²) < 4.78 is 1.84. The minimum absolute atomic E-state index is 0.482. The van der Waals surface area contributed by atoms with Crippen molar-refractivity contribution in [1.82, 2.24) is 14.4 Å². The molecule has 3 heterocycles. The van der Waals surface area contributed by atoms with Gasteiger partial charge >= 0.3 is 0 Å². The second-order valence-corrected chi connectivity index (χ2v) is 4.49. The van der Waals surface area contributed by atoms with Crippen LogP contribution in [0.3, 0.4) is 0 Å². The average molecular weight is 251 g/mol. The maximum atomic E-state index is 6.05. The van der Waals surface area contributed by atoms with E-state index in [1.54, 1.807) is 23.7 Å². The summed E-state index contributed by atoms with van der Waals surface area (Å²) in [6, 6.07) is 0. The zero-order chi connectivity index (χ0) is 11.1. The number of fused-ring (bicyclic) bond motifs is 1. The fourth-order valence-electron chi connectivity index (χ4n) is 1.52. The van der Waals surface area contributed by atoms with Crippen LogP contribution in [0.15, 0.2) is 29.4 Å². The zero-order valence-electron chi connectivity index (χ0n) is 8.09. The van der Waals surface area contributed by atoms with Crippen LogP contribution in [-0.4, -0.2) is 14.4 Å². The Morgan fingerprint density at radius 3 is 2.94 bits per heavy atom. The monoisotopic (exact) mass is 250 g/mol. The number of halogens is 1. The molecule has 0 unspecified atom stereocenters. The third-order valence-electron chi connectivity index (χ3n) is 2.25. The Bertz CT molecular complexity index is 658. The second-order valence-electron chi connectivity index (χ2n) is 3.34. The van der Waals surface area contributed by atoms with Crippen LogP contribution in [0.1, 0.15) is 0 Å². The summed E-state index contributed by atoms with van der Waals surface area (Å²) >= 11 is 7.60. The number of aromatic nitrogens is 3. The Kier molecular flexibility index (Phi) is 2.08. The smallest absolute Gasteiger partial charge is 0.157 e. The van der Waals surface area contributed by atoms with Gasteiger partial charge in [-0.15, -0.1) is 0 Å². The van der Waals surface area contributed by atoms with Gasteiger partial charge in [0.05, 0.1) is 23.1 Å². The standard InChI is InChI=1S/C10H7ClN4S/c11-7-5-16-4-6(7)8-2-15-3-9(12)14-10(15)1-13-8/h1-5H,12H2. The molecule has 6 heteroatoms. The summed E-state index contributed by atoms with van der Waals surface area (Å²) in [6.45, 7) is 0. The van der Waals surface area contributed by atoms with Crippen molar-refractivity contribution in [3.8, 4) is 11.3 Å². The van der Waals surface area contributed by atoms with Crippen LogP contribution in [0.5, 0.6) is 0 Å². The van der Waals surface area contributed by atoms with E-state index < -0.39 is 0 Å². The lowest BCUT2D eigenvalue weighted by Gasteiger charge is -1.99. The van der Waals surface area contributed by atoms with E-state index in [0.717, 1.165) is 16.9 Å². The highest BCUT2D eigenvalue weighted by Gasteiger charge is 2.07. The number of nitrogen functional groups attached to an aromatic ring is 1. The van der Waals surface area contributed by atoms with E-state index >= 15 is 0 Å². The van der Waals surface area contributed by atoms with Crippen molar-refractivity contribution in [2.75, 3.05) is 5.73 Å². The lowest BCUT2D eigenvalue weighted by atomic mass is 10.2. The molecule has 3 rings (SSSR count). The maximum absolute atomic E-state index is 6.05. The molecule has 0 radical (unpaired) electrons. The highest BCUT2D eigenvalue weighted by atomic mass is 35.5. The van der Waals surface area contributed by atoms with Gasteiger partial charge in [-0.1, -0.05) is 11.6 Å². The molecule has 0 saturated carbocycles. The SMILES string of the molecule is Nc1cn2cc(-c3cscc3Cl)ncc2n1. The quantitative estimate of drug-likeness (QED) is 0.722. The molecule has 4 nitrogen and oxygen atoms in total. The van der Waals surface area contributed by atoms with Gasteiger partial charge in [0.15, 0.2) is 5.65 Å². The first-order chi connectivity index (χ1) is 7.74. The summed E-state index contributed by atoms with van der Waals surface area (Å²) in [5.41, 5.74) is 8.08. The van der Waals surface area contributed by atoms with Gasteiger partial charge in [0.2, 0.25) is 0 Å². The van der Waals surface area contributed by atoms with Gasteiger partial charge in [0.1, 0.15) is 5.82 Å². The Morgan fingerprint density at radius 1 is 1.31 bits per heavy atom. The molecule has 0 atom stereocenters. The number of anilines is 1. The van der Waals surface area contributed by atoms with Crippen LogP contribution in [0.4, 0.5) is 5.82 Å². The normalized spacial score (nSPS) is 11.1. The molecule has 2 N–H and O–H groups in total. The van der Waals surface area contributed by atoms with E-state index in [2.05, 4.69) is 9.97 Å². The van der Waals surface area contributed by atoms with Gasteiger partial charge in [-0.3, -0.25) is 4.98 Å². The molecule has 16 heavy (non-hydrogen) atoms. The highest BCUT2D eigenvalue weighted by molar-refractivity contribution is 7.08. The van der Waals surface area contributed by atoms with E-state index in [1.165, 1.54) is 0 Å². The van der Waals surface area contributed by atoms with Gasteiger partial charge in [-0.2, -0.15) is 11.3 Å². The van der Waals surface area contributed by atoms with Crippen LogP contribution >= 0.6 is 22.9 Å². The second kappa shape index (κ2) is 3.47. The molecular weight excluding hydrogens is 244 g/mol. The minimum Gasteiger partial charge on any atom is -0.382 e. The fourth-order valence-corrected chi connectivity index (χ4v) is 2.59. The third-order valence-corrected chi connectivity index (χ3v) is 3.44. The summed E-state index contributed by atoms with van der Waals surface area (Å²) in [5.74, 6) is 0.482. The van der Waals surface area contributed by atoms with Crippen molar-refractivity contribution in [1.29, 1.82) is 0 Å². The lowest BCUT2D eigenvalue weighted by molar-refractivity contribution is 1.13. The predicted molar refractivity (Wildman–Crippen MR) is 65.7 cm³/mol. The van der Waals surface area contributed by atoms with Crippen LogP contribution in [-0.2, 0) is 0 Å². The molecule has 80 valence electrons. The number of nitrogens with zero attached hydrogens (tertiary/aromatic N) is 3. The first-order valence-electron chi connectivity index (χ1n) is 4.56. The Hall–Kier alpha value is -1.59. The number of hydrogen-bond donors (Lipinski definition) is 1. The molecule has 0 saturated heterocycles. The molecule has 0 aromatic carbocycles. The summed E-state index contributed by atoms with van der Waals surface area (Å²) in [6.07, 6.45) is 5.30.